The lowest BCUT2D eigenvalue weighted by Gasteiger charge is -2.23. The molecule has 0 aromatic heterocycles. The number of para-hydroxylation sites is 1. The van der Waals surface area contributed by atoms with Gasteiger partial charge in [-0.1, -0.05) is 38.0 Å². The van der Waals surface area contributed by atoms with Gasteiger partial charge in [0, 0.05) is 11.7 Å². The van der Waals surface area contributed by atoms with Gasteiger partial charge in [-0.25, -0.2) is 0 Å². The minimum Gasteiger partial charge on any atom is -0.324 e. The van der Waals surface area contributed by atoms with Gasteiger partial charge in [-0.3, -0.25) is 9.69 Å². The molecule has 1 N–H and O–H groups in total. The van der Waals surface area contributed by atoms with E-state index in [2.05, 4.69) is 49.3 Å². The monoisotopic (exact) mass is 274 g/mol. The van der Waals surface area contributed by atoms with Crippen LogP contribution in [0.1, 0.15) is 43.7 Å². The van der Waals surface area contributed by atoms with Gasteiger partial charge >= 0.3 is 0 Å². The summed E-state index contributed by atoms with van der Waals surface area (Å²) in [5.41, 5.74) is 3.35. The first-order valence-electron chi connectivity index (χ1n) is 7.70. The molecule has 0 unspecified atom stereocenters. The lowest BCUT2D eigenvalue weighted by Crippen LogP contribution is -2.36. The van der Waals surface area contributed by atoms with Crippen molar-refractivity contribution in [3.05, 3.63) is 29.3 Å². The number of hydrogen-bond donors (Lipinski definition) is 1. The van der Waals surface area contributed by atoms with Gasteiger partial charge in [-0.05, 0) is 44.4 Å². The maximum Gasteiger partial charge on any atom is 0.238 e. The molecule has 110 valence electrons. The van der Waals surface area contributed by atoms with E-state index in [0.717, 1.165) is 17.7 Å². The molecular weight excluding hydrogens is 248 g/mol. The van der Waals surface area contributed by atoms with Crippen molar-refractivity contribution in [1.29, 1.82) is 0 Å². The average Bonchev–Trinajstić information content (AvgIpc) is 2.95. The highest BCUT2D eigenvalue weighted by Gasteiger charge is 2.21. The van der Waals surface area contributed by atoms with E-state index >= 15 is 0 Å². The second-order valence-corrected chi connectivity index (χ2v) is 5.86. The van der Waals surface area contributed by atoms with E-state index in [9.17, 15) is 4.79 Å². The van der Waals surface area contributed by atoms with E-state index in [1.54, 1.807) is 0 Å². The number of benzene rings is 1. The number of rotatable bonds is 5. The van der Waals surface area contributed by atoms with E-state index < -0.39 is 0 Å². The Morgan fingerprint density at radius 3 is 2.70 bits per heavy atom. The summed E-state index contributed by atoms with van der Waals surface area (Å²) in [6, 6.07) is 6.77. The summed E-state index contributed by atoms with van der Waals surface area (Å²) in [5, 5.41) is 3.10. The van der Waals surface area contributed by atoms with Crippen LogP contribution >= 0.6 is 0 Å². The maximum atomic E-state index is 12.2. The summed E-state index contributed by atoms with van der Waals surface area (Å²) < 4.78 is 0. The third-order valence-corrected chi connectivity index (χ3v) is 4.35. The molecule has 0 atom stereocenters. The maximum absolute atomic E-state index is 12.2. The van der Waals surface area contributed by atoms with Crippen LogP contribution in [0.25, 0.3) is 0 Å². The van der Waals surface area contributed by atoms with Crippen molar-refractivity contribution in [2.75, 3.05) is 18.9 Å². The van der Waals surface area contributed by atoms with Crippen LogP contribution in [0.5, 0.6) is 0 Å². The summed E-state index contributed by atoms with van der Waals surface area (Å²) in [6.45, 7) is 4.66. The van der Waals surface area contributed by atoms with E-state index in [-0.39, 0.29) is 5.91 Å². The molecule has 0 bridgehead atoms. The summed E-state index contributed by atoms with van der Waals surface area (Å²) in [5.74, 6) is 0.100. The second kappa shape index (κ2) is 6.89. The third-order valence-electron chi connectivity index (χ3n) is 4.35. The Bertz CT molecular complexity index is 464. The van der Waals surface area contributed by atoms with Crippen LogP contribution in [0.3, 0.4) is 0 Å². The molecule has 1 fully saturated rings. The molecule has 0 aliphatic heterocycles. The molecule has 3 nitrogen and oxygen atoms in total. The molecule has 1 aliphatic carbocycles. The summed E-state index contributed by atoms with van der Waals surface area (Å²) >= 11 is 0. The van der Waals surface area contributed by atoms with Crippen molar-refractivity contribution in [1.82, 2.24) is 4.90 Å². The van der Waals surface area contributed by atoms with E-state index in [1.807, 2.05) is 0 Å². The van der Waals surface area contributed by atoms with Crippen molar-refractivity contribution in [2.45, 2.75) is 52.0 Å². The largest absolute Gasteiger partial charge is 0.324 e. The predicted molar refractivity (Wildman–Crippen MR) is 84.1 cm³/mol. The van der Waals surface area contributed by atoms with Crippen molar-refractivity contribution >= 4 is 11.6 Å². The molecule has 1 aromatic carbocycles. The third kappa shape index (κ3) is 3.60. The lowest BCUT2D eigenvalue weighted by molar-refractivity contribution is -0.117. The SMILES string of the molecule is CCc1cccc(C)c1NC(=O)CN(C)C1CCCC1. The van der Waals surface area contributed by atoms with Crippen molar-refractivity contribution in [2.24, 2.45) is 0 Å². The fourth-order valence-corrected chi connectivity index (χ4v) is 3.08. The van der Waals surface area contributed by atoms with Gasteiger partial charge in [0.25, 0.3) is 0 Å². The van der Waals surface area contributed by atoms with Gasteiger partial charge in [-0.15, -0.1) is 0 Å². The normalized spacial score (nSPS) is 15.8. The summed E-state index contributed by atoms with van der Waals surface area (Å²) in [6.07, 6.45) is 6.00. The van der Waals surface area contributed by atoms with Crippen LogP contribution in [0, 0.1) is 6.92 Å². The molecule has 3 heteroatoms. The topological polar surface area (TPSA) is 32.3 Å². The fourth-order valence-electron chi connectivity index (χ4n) is 3.08. The zero-order valence-corrected chi connectivity index (χ0v) is 12.9. The molecule has 1 aliphatic rings. The number of amides is 1. The molecule has 20 heavy (non-hydrogen) atoms. The highest BCUT2D eigenvalue weighted by atomic mass is 16.2. The Labute approximate surface area is 122 Å². The average molecular weight is 274 g/mol. The van der Waals surface area contributed by atoms with E-state index in [0.29, 0.717) is 12.6 Å². The highest BCUT2D eigenvalue weighted by Crippen LogP contribution is 2.23. The number of hydrogen-bond acceptors (Lipinski definition) is 2. The number of anilines is 1. The van der Waals surface area contributed by atoms with Crippen LogP contribution in [0.15, 0.2) is 18.2 Å². The molecule has 1 aromatic rings. The first-order chi connectivity index (χ1) is 9.61. The number of likely N-dealkylation sites (N-methyl/N-ethyl adjacent to an activating group) is 1. The second-order valence-electron chi connectivity index (χ2n) is 5.86. The molecule has 1 saturated carbocycles. The van der Waals surface area contributed by atoms with Crippen LogP contribution in [0.2, 0.25) is 0 Å². The first-order valence-corrected chi connectivity index (χ1v) is 7.70. The van der Waals surface area contributed by atoms with Gasteiger partial charge in [0.15, 0.2) is 0 Å². The zero-order valence-electron chi connectivity index (χ0n) is 12.9. The number of nitrogens with one attached hydrogen (secondary N) is 1. The minimum atomic E-state index is 0.100. The summed E-state index contributed by atoms with van der Waals surface area (Å²) in [4.78, 5) is 14.4. The van der Waals surface area contributed by atoms with Crippen molar-refractivity contribution in [3.8, 4) is 0 Å². The minimum absolute atomic E-state index is 0.100. The van der Waals surface area contributed by atoms with Gasteiger partial charge in [-0.2, -0.15) is 0 Å². The Morgan fingerprint density at radius 1 is 1.35 bits per heavy atom. The molecule has 0 spiro atoms. The van der Waals surface area contributed by atoms with Gasteiger partial charge < -0.3 is 5.32 Å². The molecule has 0 heterocycles. The Hall–Kier alpha value is -1.35. The van der Waals surface area contributed by atoms with Crippen LogP contribution in [-0.2, 0) is 11.2 Å². The lowest BCUT2D eigenvalue weighted by atomic mass is 10.1. The highest BCUT2D eigenvalue weighted by molar-refractivity contribution is 5.93. The van der Waals surface area contributed by atoms with Crippen LogP contribution in [0.4, 0.5) is 5.69 Å². The van der Waals surface area contributed by atoms with Crippen molar-refractivity contribution in [3.63, 3.8) is 0 Å². The Kier molecular flexibility index (Phi) is 5.18. The Morgan fingerprint density at radius 2 is 2.05 bits per heavy atom. The number of carbonyl (C=O) groups excluding carboxylic acids is 1. The van der Waals surface area contributed by atoms with Crippen molar-refractivity contribution < 1.29 is 4.79 Å². The standard InChI is InChI=1S/C17H26N2O/c1-4-14-9-7-8-13(2)17(14)18-16(20)12-19(3)15-10-5-6-11-15/h7-9,15H,4-6,10-12H2,1-3H3,(H,18,20). The van der Waals surface area contributed by atoms with Gasteiger partial charge in [0.2, 0.25) is 5.91 Å². The van der Waals surface area contributed by atoms with Crippen LogP contribution in [-0.4, -0.2) is 30.4 Å². The van der Waals surface area contributed by atoms with Gasteiger partial charge in [0.05, 0.1) is 6.54 Å². The molecular formula is C17H26N2O. The number of carbonyl (C=O) groups is 1. The first kappa shape index (κ1) is 15.0. The van der Waals surface area contributed by atoms with E-state index in [1.165, 1.54) is 31.2 Å². The molecule has 0 radical (unpaired) electrons. The quantitative estimate of drug-likeness (QED) is 0.893. The zero-order chi connectivity index (χ0) is 14.5. The molecule has 2 rings (SSSR count). The molecule has 1 amide bonds. The van der Waals surface area contributed by atoms with E-state index in [4.69, 9.17) is 0 Å². The fraction of sp³-hybridized carbons (Fsp3) is 0.588. The molecule has 0 saturated heterocycles. The van der Waals surface area contributed by atoms with Gasteiger partial charge in [0.1, 0.15) is 0 Å². The number of nitrogens with zero attached hydrogens (tertiary/aromatic N) is 1. The number of aryl methyl sites for hydroxylation is 2. The van der Waals surface area contributed by atoms with Crippen LogP contribution < -0.4 is 5.32 Å². The smallest absolute Gasteiger partial charge is 0.238 e. The summed E-state index contributed by atoms with van der Waals surface area (Å²) in [7, 11) is 2.06. The Balaban J connectivity index is 1.97. The predicted octanol–water partition coefficient (Wildman–Crippen LogP) is 3.37.